The van der Waals surface area contributed by atoms with Gasteiger partial charge in [0.2, 0.25) is 0 Å². The Morgan fingerprint density at radius 2 is 1.78 bits per heavy atom. The molecule has 3 aromatic carbocycles. The van der Waals surface area contributed by atoms with Gasteiger partial charge in [-0.3, -0.25) is 5.32 Å². The third-order valence-corrected chi connectivity index (χ3v) is 5.31. The Hall–Kier alpha value is -3.94. The molecule has 0 bridgehead atoms. The van der Waals surface area contributed by atoms with Crippen LogP contribution in [0.25, 0.3) is 12.2 Å². The first kappa shape index (κ1) is 29.3. The van der Waals surface area contributed by atoms with Gasteiger partial charge in [0.1, 0.15) is 17.3 Å². The largest absolute Gasteiger partial charge is 0.497 e. The van der Waals surface area contributed by atoms with E-state index in [0.717, 1.165) is 28.0 Å². The fraction of sp³-hybridized carbons (Fsp3) is 0.233. The van der Waals surface area contributed by atoms with Gasteiger partial charge in [-0.1, -0.05) is 56.8 Å². The molecule has 0 heterocycles. The smallest absolute Gasteiger partial charge is 0.135 e. The van der Waals surface area contributed by atoms with E-state index in [-0.39, 0.29) is 21.0 Å². The van der Waals surface area contributed by atoms with Gasteiger partial charge >= 0.3 is 0 Å². The summed E-state index contributed by atoms with van der Waals surface area (Å²) in [7, 11) is 3.17. The molecule has 0 fully saturated rings. The maximum Gasteiger partial charge on any atom is 0.135 e. The molecule has 0 aliphatic heterocycles. The van der Waals surface area contributed by atoms with Gasteiger partial charge in [-0.15, -0.1) is 0 Å². The van der Waals surface area contributed by atoms with Gasteiger partial charge in [0, 0.05) is 20.6 Å². The van der Waals surface area contributed by atoms with Crippen molar-refractivity contribution in [3.8, 4) is 11.5 Å². The van der Waals surface area contributed by atoms with Gasteiger partial charge in [-0.2, -0.15) is 0 Å². The molecule has 0 unspecified atom stereocenters. The Balaban J connectivity index is 0.00000353. The van der Waals surface area contributed by atoms with Crippen molar-refractivity contribution >= 4 is 23.6 Å². The van der Waals surface area contributed by atoms with Crippen molar-refractivity contribution in [3.63, 3.8) is 0 Å². The third kappa shape index (κ3) is 8.59. The fourth-order valence-corrected chi connectivity index (χ4v) is 3.55. The number of allylic oxidation sites excluding steroid dienone is 1. The number of nitrogens with two attached hydrogens (primary N) is 1. The first-order valence-corrected chi connectivity index (χ1v) is 12.0. The van der Waals surface area contributed by atoms with Gasteiger partial charge in [0.25, 0.3) is 0 Å². The summed E-state index contributed by atoms with van der Waals surface area (Å²) in [5.41, 5.74) is 10.8. The zero-order chi connectivity index (χ0) is 27.2. The van der Waals surface area contributed by atoms with E-state index in [4.69, 9.17) is 25.4 Å². The molecule has 0 spiro atoms. The Morgan fingerprint density at radius 1 is 1.05 bits per heavy atom. The van der Waals surface area contributed by atoms with Crippen molar-refractivity contribution in [2.75, 3.05) is 26.7 Å². The average molecular weight is 510 g/mol. The second-order valence-corrected chi connectivity index (χ2v) is 7.76. The lowest BCUT2D eigenvalue weighted by Gasteiger charge is -2.16. The van der Waals surface area contributed by atoms with Crippen LogP contribution in [0.4, 0.5) is 10.1 Å². The molecule has 0 aromatic heterocycles. The second kappa shape index (κ2) is 15.2. The normalized spacial score (nSPS) is 10.5. The average Bonchev–Trinajstić information content (AvgIpc) is 2.93. The molecule has 200 valence electrons. The predicted molar refractivity (Wildman–Crippen MR) is 155 cm³/mol. The number of methoxy groups -OCH3 is 2. The molecule has 0 aliphatic carbocycles. The zero-order valence-electron chi connectivity index (χ0n) is 21.9. The Kier molecular flexibility index (Phi) is 12.1. The summed E-state index contributed by atoms with van der Waals surface area (Å²) in [5, 5.41) is 11.8. The van der Waals surface area contributed by atoms with Crippen LogP contribution in [0, 0.1) is 11.2 Å². The molecule has 6 nitrogen and oxygen atoms in total. The molecule has 0 amide bonds. The molecular formula is C30H40FN3O3. The van der Waals surface area contributed by atoms with Crippen LogP contribution in [0.5, 0.6) is 11.5 Å². The second-order valence-electron chi connectivity index (χ2n) is 7.76. The van der Waals surface area contributed by atoms with Crippen molar-refractivity contribution in [1.82, 2.24) is 5.32 Å². The summed E-state index contributed by atoms with van der Waals surface area (Å²) in [4.78, 5) is 0. The van der Waals surface area contributed by atoms with Crippen LogP contribution in [0.1, 0.15) is 44.5 Å². The standard InChI is InChI=1S/C28H30FN3O3.C2H6.2H2/c1-4-19-13-21(15-24(14-19)33-2)16-32-18-35-17-22-8-12-26(31)27(28(22)34-3)25(30)11-7-20-5-9-23(29)10-6-20;1-2;;/h4-15,30,32H,1,16-18,31H2,2-3H3;1-2H3;2*1H/b11-7+,30-25?;;;. The molecular weight excluding hydrogens is 469 g/mol. The Morgan fingerprint density at radius 3 is 2.43 bits per heavy atom. The zero-order valence-corrected chi connectivity index (χ0v) is 21.9. The minimum absolute atomic E-state index is 0. The molecule has 0 radical (unpaired) electrons. The predicted octanol–water partition coefficient (Wildman–Crippen LogP) is 6.93. The van der Waals surface area contributed by atoms with Gasteiger partial charge in [0.05, 0.1) is 38.8 Å². The van der Waals surface area contributed by atoms with Gasteiger partial charge in [-0.25, -0.2) is 4.39 Å². The van der Waals surface area contributed by atoms with Crippen LogP contribution in [-0.4, -0.2) is 26.7 Å². The van der Waals surface area contributed by atoms with Crippen LogP contribution in [0.2, 0.25) is 0 Å². The molecule has 0 aliphatic rings. The highest BCUT2D eigenvalue weighted by molar-refractivity contribution is 6.13. The summed E-state index contributed by atoms with van der Waals surface area (Å²) >= 11 is 0. The summed E-state index contributed by atoms with van der Waals surface area (Å²) in [6.45, 7) is 8.99. The molecule has 0 atom stereocenters. The molecule has 3 aromatic rings. The fourth-order valence-electron chi connectivity index (χ4n) is 3.55. The number of rotatable bonds is 12. The molecule has 0 saturated heterocycles. The van der Waals surface area contributed by atoms with Crippen molar-refractivity contribution in [1.29, 1.82) is 5.41 Å². The number of ether oxygens (including phenoxy) is 3. The summed E-state index contributed by atoms with van der Waals surface area (Å²) in [6.07, 6.45) is 5.11. The highest BCUT2D eigenvalue weighted by atomic mass is 19.1. The first-order chi connectivity index (χ1) is 17.9. The number of hydrogen-bond donors (Lipinski definition) is 3. The Bertz CT molecular complexity index is 1220. The SMILES string of the molecule is C=Cc1cc(CNCOCc2ccc(N)c(C(=N)/C=C/c3ccc(F)cc3)c2OC)cc(OC)c1.CC.[HH].[HH]. The van der Waals surface area contributed by atoms with E-state index in [1.165, 1.54) is 19.2 Å². The van der Waals surface area contributed by atoms with Gasteiger partial charge in [0.15, 0.2) is 0 Å². The van der Waals surface area contributed by atoms with E-state index in [1.54, 1.807) is 43.5 Å². The van der Waals surface area contributed by atoms with E-state index in [9.17, 15) is 4.39 Å². The number of halogens is 1. The van der Waals surface area contributed by atoms with Crippen LogP contribution in [-0.2, 0) is 17.9 Å². The van der Waals surface area contributed by atoms with E-state index >= 15 is 0 Å². The van der Waals surface area contributed by atoms with Crippen molar-refractivity contribution < 1.29 is 21.5 Å². The quantitative estimate of drug-likeness (QED) is 0.107. The van der Waals surface area contributed by atoms with Gasteiger partial charge in [-0.05, 0) is 53.1 Å². The van der Waals surface area contributed by atoms with Crippen LogP contribution in [0.15, 0.2) is 67.3 Å². The lowest BCUT2D eigenvalue weighted by Crippen LogP contribution is -2.18. The number of nitrogen functional groups attached to an aromatic ring is 1. The van der Waals surface area contributed by atoms with Crippen molar-refractivity contribution in [2.24, 2.45) is 0 Å². The van der Waals surface area contributed by atoms with E-state index < -0.39 is 0 Å². The Labute approximate surface area is 222 Å². The van der Waals surface area contributed by atoms with Crippen molar-refractivity contribution in [3.05, 3.63) is 101 Å². The van der Waals surface area contributed by atoms with E-state index in [2.05, 4.69) is 11.9 Å². The van der Waals surface area contributed by atoms with Crippen molar-refractivity contribution in [2.45, 2.75) is 27.0 Å². The molecule has 0 saturated carbocycles. The highest BCUT2D eigenvalue weighted by Gasteiger charge is 2.16. The molecule has 4 N–H and O–H groups in total. The third-order valence-electron chi connectivity index (χ3n) is 5.31. The number of benzene rings is 3. The monoisotopic (exact) mass is 509 g/mol. The van der Waals surface area contributed by atoms with E-state index in [1.807, 2.05) is 38.1 Å². The molecule has 37 heavy (non-hydrogen) atoms. The lowest BCUT2D eigenvalue weighted by atomic mass is 10.0. The van der Waals surface area contributed by atoms with E-state index in [0.29, 0.717) is 30.3 Å². The number of nitrogens with one attached hydrogen (secondary N) is 2. The maximum atomic E-state index is 13.1. The topological polar surface area (TPSA) is 89.6 Å². The minimum Gasteiger partial charge on any atom is -0.497 e. The number of hydrogen-bond acceptors (Lipinski definition) is 6. The summed E-state index contributed by atoms with van der Waals surface area (Å²) in [5.74, 6) is 0.952. The number of anilines is 1. The van der Waals surface area contributed by atoms with Crippen LogP contribution < -0.4 is 20.5 Å². The van der Waals surface area contributed by atoms with Gasteiger partial charge < -0.3 is 25.4 Å². The summed E-state index contributed by atoms with van der Waals surface area (Å²) in [6, 6.07) is 15.5. The lowest BCUT2D eigenvalue weighted by molar-refractivity contribution is 0.101. The minimum atomic E-state index is -0.310. The van der Waals surface area contributed by atoms with Crippen LogP contribution >= 0.6 is 0 Å². The van der Waals surface area contributed by atoms with Crippen LogP contribution in [0.3, 0.4) is 0 Å². The summed E-state index contributed by atoms with van der Waals surface area (Å²) < 4.78 is 29.8. The maximum absolute atomic E-state index is 13.1. The first-order valence-electron chi connectivity index (χ1n) is 12.0. The highest BCUT2D eigenvalue weighted by Crippen LogP contribution is 2.30. The molecule has 3 rings (SSSR count). The molecule has 7 heteroatoms.